The number of carbonyl (C=O) groups excluding carboxylic acids is 1. The molecule has 0 spiro atoms. The maximum absolute atomic E-state index is 12.0. The van der Waals surface area contributed by atoms with Crippen molar-refractivity contribution in [2.24, 2.45) is 0 Å². The Bertz CT molecular complexity index is 454. The number of nitrogens with one attached hydrogen (secondary N) is 1. The fourth-order valence-electron chi connectivity index (χ4n) is 2.58. The largest absolute Gasteiger partial charge is 0.491 e. The van der Waals surface area contributed by atoms with E-state index in [9.17, 15) is 4.79 Å². The van der Waals surface area contributed by atoms with Crippen molar-refractivity contribution >= 4 is 11.6 Å². The lowest BCUT2D eigenvalue weighted by Gasteiger charge is -2.31. The van der Waals surface area contributed by atoms with E-state index in [2.05, 4.69) is 23.2 Å². The third-order valence-electron chi connectivity index (χ3n) is 3.61. The van der Waals surface area contributed by atoms with Crippen LogP contribution in [0.5, 0.6) is 5.75 Å². The molecule has 1 aliphatic heterocycles. The SMILES string of the molecule is CCCOc1c(C(=O)NC)cccc1N1CCCCC1. The van der Waals surface area contributed by atoms with Gasteiger partial charge >= 0.3 is 0 Å². The Morgan fingerprint density at radius 3 is 2.70 bits per heavy atom. The fraction of sp³-hybridized carbons (Fsp3) is 0.562. The Balaban J connectivity index is 2.35. The zero-order chi connectivity index (χ0) is 14.4. The van der Waals surface area contributed by atoms with Crippen LogP contribution in [0.1, 0.15) is 43.0 Å². The molecule has 1 saturated heterocycles. The van der Waals surface area contributed by atoms with Gasteiger partial charge in [-0.3, -0.25) is 4.79 Å². The predicted octanol–water partition coefficient (Wildman–Crippen LogP) is 2.83. The van der Waals surface area contributed by atoms with Crippen LogP contribution in [0, 0.1) is 0 Å². The van der Waals surface area contributed by atoms with E-state index in [0.29, 0.717) is 12.2 Å². The molecule has 4 nitrogen and oxygen atoms in total. The van der Waals surface area contributed by atoms with Crippen LogP contribution in [0.3, 0.4) is 0 Å². The molecule has 110 valence electrons. The smallest absolute Gasteiger partial charge is 0.254 e. The number of benzene rings is 1. The van der Waals surface area contributed by atoms with Gasteiger partial charge in [0.05, 0.1) is 17.9 Å². The predicted molar refractivity (Wildman–Crippen MR) is 81.7 cm³/mol. The van der Waals surface area contributed by atoms with Crippen molar-refractivity contribution in [2.75, 3.05) is 31.6 Å². The lowest BCUT2D eigenvalue weighted by Crippen LogP contribution is -2.30. The highest BCUT2D eigenvalue weighted by atomic mass is 16.5. The van der Waals surface area contributed by atoms with E-state index in [1.165, 1.54) is 19.3 Å². The third kappa shape index (κ3) is 3.24. The van der Waals surface area contributed by atoms with Gasteiger partial charge in [-0.15, -0.1) is 0 Å². The van der Waals surface area contributed by atoms with Crippen molar-refractivity contribution < 1.29 is 9.53 Å². The molecule has 1 fully saturated rings. The van der Waals surface area contributed by atoms with Crippen LogP contribution >= 0.6 is 0 Å². The van der Waals surface area contributed by atoms with Crippen molar-refractivity contribution in [1.82, 2.24) is 5.32 Å². The first-order valence-corrected chi connectivity index (χ1v) is 7.50. The van der Waals surface area contributed by atoms with Gasteiger partial charge in [0.1, 0.15) is 0 Å². The van der Waals surface area contributed by atoms with Crippen LogP contribution in [0.15, 0.2) is 18.2 Å². The summed E-state index contributed by atoms with van der Waals surface area (Å²) in [5.41, 5.74) is 1.68. The summed E-state index contributed by atoms with van der Waals surface area (Å²) in [6.45, 7) is 4.79. The van der Waals surface area contributed by atoms with E-state index < -0.39 is 0 Å². The minimum absolute atomic E-state index is 0.0880. The van der Waals surface area contributed by atoms with Crippen molar-refractivity contribution in [1.29, 1.82) is 0 Å². The van der Waals surface area contributed by atoms with E-state index in [4.69, 9.17) is 4.74 Å². The maximum Gasteiger partial charge on any atom is 0.254 e. The van der Waals surface area contributed by atoms with Gasteiger partial charge < -0.3 is 15.0 Å². The summed E-state index contributed by atoms with van der Waals surface area (Å²) >= 11 is 0. The number of hydrogen-bond acceptors (Lipinski definition) is 3. The van der Waals surface area contributed by atoms with Gasteiger partial charge in [-0.2, -0.15) is 0 Å². The Morgan fingerprint density at radius 1 is 1.30 bits per heavy atom. The zero-order valence-corrected chi connectivity index (χ0v) is 12.4. The van der Waals surface area contributed by atoms with Crippen molar-refractivity contribution in [3.63, 3.8) is 0 Å². The molecule has 1 aliphatic rings. The van der Waals surface area contributed by atoms with Crippen LogP contribution in [0.2, 0.25) is 0 Å². The summed E-state index contributed by atoms with van der Waals surface area (Å²) in [6.07, 6.45) is 4.63. The third-order valence-corrected chi connectivity index (χ3v) is 3.61. The van der Waals surface area contributed by atoms with Gasteiger partial charge in [-0.05, 0) is 37.8 Å². The highest BCUT2D eigenvalue weighted by Gasteiger charge is 2.20. The van der Waals surface area contributed by atoms with Crippen LogP contribution in [-0.2, 0) is 0 Å². The fourth-order valence-corrected chi connectivity index (χ4v) is 2.58. The highest BCUT2D eigenvalue weighted by Crippen LogP contribution is 2.34. The number of para-hydroxylation sites is 1. The van der Waals surface area contributed by atoms with Gasteiger partial charge in [-0.1, -0.05) is 13.0 Å². The number of carbonyl (C=O) groups is 1. The first-order chi connectivity index (χ1) is 9.77. The van der Waals surface area contributed by atoms with E-state index in [-0.39, 0.29) is 5.91 Å². The second-order valence-electron chi connectivity index (χ2n) is 5.13. The van der Waals surface area contributed by atoms with Gasteiger partial charge in [0.15, 0.2) is 5.75 Å². The molecule has 20 heavy (non-hydrogen) atoms. The van der Waals surface area contributed by atoms with E-state index in [0.717, 1.165) is 30.9 Å². The second kappa shape index (κ2) is 7.17. The number of anilines is 1. The molecule has 0 bridgehead atoms. The molecule has 0 radical (unpaired) electrons. The van der Waals surface area contributed by atoms with Gasteiger partial charge in [-0.25, -0.2) is 0 Å². The molecule has 0 atom stereocenters. The minimum atomic E-state index is -0.0880. The molecule has 0 aliphatic carbocycles. The van der Waals surface area contributed by atoms with E-state index in [1.54, 1.807) is 7.05 Å². The summed E-state index contributed by atoms with van der Waals surface area (Å²) in [5, 5.41) is 2.69. The summed E-state index contributed by atoms with van der Waals surface area (Å²) in [7, 11) is 1.65. The molecule has 1 N–H and O–H groups in total. The summed E-state index contributed by atoms with van der Waals surface area (Å²) in [5.74, 6) is 0.644. The Hall–Kier alpha value is -1.71. The monoisotopic (exact) mass is 276 g/mol. The quantitative estimate of drug-likeness (QED) is 0.899. The number of ether oxygens (including phenoxy) is 1. The van der Waals surface area contributed by atoms with Crippen LogP contribution in [-0.4, -0.2) is 32.7 Å². The van der Waals surface area contributed by atoms with Gasteiger partial charge in [0.2, 0.25) is 0 Å². The molecule has 1 heterocycles. The minimum Gasteiger partial charge on any atom is -0.491 e. The molecular weight excluding hydrogens is 252 g/mol. The van der Waals surface area contributed by atoms with E-state index in [1.807, 2.05) is 12.1 Å². The molecule has 0 unspecified atom stereocenters. The number of amides is 1. The zero-order valence-electron chi connectivity index (χ0n) is 12.4. The van der Waals surface area contributed by atoms with Crippen LogP contribution < -0.4 is 15.0 Å². The molecule has 1 aromatic carbocycles. The van der Waals surface area contributed by atoms with Gasteiger partial charge in [0, 0.05) is 20.1 Å². The molecule has 1 aromatic rings. The first-order valence-electron chi connectivity index (χ1n) is 7.50. The lowest BCUT2D eigenvalue weighted by atomic mass is 10.1. The molecular formula is C16H24N2O2. The van der Waals surface area contributed by atoms with Crippen molar-refractivity contribution in [3.05, 3.63) is 23.8 Å². The first kappa shape index (κ1) is 14.7. The average Bonchev–Trinajstić information content (AvgIpc) is 2.52. The second-order valence-corrected chi connectivity index (χ2v) is 5.13. The molecule has 0 saturated carbocycles. The summed E-state index contributed by atoms with van der Waals surface area (Å²) in [4.78, 5) is 14.4. The Morgan fingerprint density at radius 2 is 2.05 bits per heavy atom. The normalized spacial score (nSPS) is 15.0. The summed E-state index contributed by atoms with van der Waals surface area (Å²) in [6, 6.07) is 5.83. The maximum atomic E-state index is 12.0. The Kier molecular flexibility index (Phi) is 5.27. The number of rotatable bonds is 5. The number of hydrogen-bond donors (Lipinski definition) is 1. The van der Waals surface area contributed by atoms with E-state index >= 15 is 0 Å². The number of piperidine rings is 1. The average molecular weight is 276 g/mol. The topological polar surface area (TPSA) is 41.6 Å². The standard InChI is InChI=1S/C16H24N2O2/c1-3-12-20-15-13(16(19)17-2)8-7-9-14(15)18-10-5-4-6-11-18/h7-9H,3-6,10-12H2,1-2H3,(H,17,19). The van der Waals surface area contributed by atoms with Crippen LogP contribution in [0.25, 0.3) is 0 Å². The van der Waals surface area contributed by atoms with Crippen molar-refractivity contribution in [2.45, 2.75) is 32.6 Å². The van der Waals surface area contributed by atoms with Crippen molar-refractivity contribution in [3.8, 4) is 5.75 Å². The summed E-state index contributed by atoms with van der Waals surface area (Å²) < 4.78 is 5.89. The number of nitrogens with zero attached hydrogens (tertiary/aromatic N) is 1. The molecule has 1 amide bonds. The highest BCUT2D eigenvalue weighted by molar-refractivity contribution is 5.98. The molecule has 0 aromatic heterocycles. The Labute approximate surface area is 121 Å². The molecule has 2 rings (SSSR count). The van der Waals surface area contributed by atoms with Crippen LogP contribution in [0.4, 0.5) is 5.69 Å². The molecule has 4 heteroatoms. The van der Waals surface area contributed by atoms with Gasteiger partial charge in [0.25, 0.3) is 5.91 Å². The lowest BCUT2D eigenvalue weighted by molar-refractivity contribution is 0.0959.